The van der Waals surface area contributed by atoms with Crippen LogP contribution in [0.1, 0.15) is 5.56 Å². The molecule has 1 aliphatic rings. The van der Waals surface area contributed by atoms with E-state index in [2.05, 4.69) is 10.6 Å². The summed E-state index contributed by atoms with van der Waals surface area (Å²) >= 11 is 0. The van der Waals surface area contributed by atoms with E-state index in [-0.39, 0.29) is 5.70 Å². The van der Waals surface area contributed by atoms with Crippen molar-refractivity contribution >= 4 is 18.0 Å². The number of imide groups is 1. The summed E-state index contributed by atoms with van der Waals surface area (Å²) in [5.41, 5.74) is 1.29. The number of amides is 3. The van der Waals surface area contributed by atoms with Gasteiger partial charge in [-0.2, -0.15) is 0 Å². The lowest BCUT2D eigenvalue weighted by Gasteiger charge is -1.90. The minimum atomic E-state index is -0.482. The van der Waals surface area contributed by atoms with Crippen LogP contribution in [0.25, 0.3) is 6.08 Å². The number of nitrogens with one attached hydrogen (secondary N) is 2. The highest BCUT2D eigenvalue weighted by molar-refractivity contribution is 6.11. The van der Waals surface area contributed by atoms with Gasteiger partial charge in [0.1, 0.15) is 5.70 Å². The van der Waals surface area contributed by atoms with Gasteiger partial charge in [-0.1, -0.05) is 42.5 Å². The summed E-state index contributed by atoms with van der Waals surface area (Å²) in [7, 11) is 0. The molecule has 0 bridgehead atoms. The Bertz CT molecular complexity index is 475. The summed E-state index contributed by atoms with van der Waals surface area (Å²) in [6.07, 6.45) is 5.13. The van der Waals surface area contributed by atoms with Crippen LogP contribution in [0, 0.1) is 0 Å². The highest BCUT2D eigenvalue weighted by atomic mass is 16.2. The van der Waals surface area contributed by atoms with Crippen LogP contribution < -0.4 is 10.6 Å². The van der Waals surface area contributed by atoms with Crippen LogP contribution in [0.15, 0.2) is 48.2 Å². The van der Waals surface area contributed by atoms with Crippen molar-refractivity contribution in [3.8, 4) is 0 Å². The average molecular weight is 214 g/mol. The molecule has 2 N–H and O–H groups in total. The van der Waals surface area contributed by atoms with E-state index in [1.54, 1.807) is 12.2 Å². The number of hydrogen-bond acceptors (Lipinski definition) is 2. The molecule has 0 spiro atoms. The van der Waals surface area contributed by atoms with Crippen LogP contribution in [0.4, 0.5) is 4.79 Å². The van der Waals surface area contributed by atoms with Crippen LogP contribution in [-0.4, -0.2) is 11.9 Å². The zero-order chi connectivity index (χ0) is 11.4. The number of hydrogen-bond donors (Lipinski definition) is 2. The van der Waals surface area contributed by atoms with Crippen molar-refractivity contribution < 1.29 is 9.59 Å². The normalized spacial score (nSPS) is 17.9. The molecule has 1 fully saturated rings. The lowest BCUT2D eigenvalue weighted by atomic mass is 10.2. The molecule has 0 aromatic heterocycles. The first-order valence-electron chi connectivity index (χ1n) is 4.81. The van der Waals surface area contributed by atoms with Crippen molar-refractivity contribution in [3.05, 3.63) is 53.7 Å². The summed E-state index contributed by atoms with van der Waals surface area (Å²) < 4.78 is 0. The molecular formula is C12H10N2O2. The molecular weight excluding hydrogens is 204 g/mol. The van der Waals surface area contributed by atoms with Gasteiger partial charge in [0.15, 0.2) is 0 Å². The van der Waals surface area contributed by atoms with Gasteiger partial charge in [0.2, 0.25) is 0 Å². The van der Waals surface area contributed by atoms with Crippen molar-refractivity contribution in [2.24, 2.45) is 0 Å². The van der Waals surface area contributed by atoms with Crippen LogP contribution in [0.5, 0.6) is 0 Å². The molecule has 80 valence electrons. The first-order valence-corrected chi connectivity index (χ1v) is 4.81. The fourth-order valence-corrected chi connectivity index (χ4v) is 1.32. The Morgan fingerprint density at radius 2 is 1.75 bits per heavy atom. The Morgan fingerprint density at radius 3 is 2.38 bits per heavy atom. The smallest absolute Gasteiger partial charge is 0.303 e. The first kappa shape index (κ1) is 10.2. The van der Waals surface area contributed by atoms with Gasteiger partial charge in [0.05, 0.1) is 0 Å². The molecule has 4 heteroatoms. The summed E-state index contributed by atoms with van der Waals surface area (Å²) in [5, 5.41) is 4.52. The molecule has 1 aromatic carbocycles. The first-order chi connectivity index (χ1) is 7.75. The maximum atomic E-state index is 11.1. The highest BCUT2D eigenvalue weighted by Crippen LogP contribution is 2.03. The molecule has 1 aliphatic heterocycles. The van der Waals surface area contributed by atoms with Gasteiger partial charge in [-0.25, -0.2) is 4.79 Å². The van der Waals surface area contributed by atoms with Crippen LogP contribution >= 0.6 is 0 Å². The molecule has 0 unspecified atom stereocenters. The zero-order valence-electron chi connectivity index (χ0n) is 8.44. The SMILES string of the molecule is O=C1NC(=O)C(=CC=Cc2ccccc2)N1. The van der Waals surface area contributed by atoms with Crippen molar-refractivity contribution in [3.63, 3.8) is 0 Å². The topological polar surface area (TPSA) is 58.2 Å². The maximum absolute atomic E-state index is 11.1. The third kappa shape index (κ3) is 2.36. The van der Waals surface area contributed by atoms with Gasteiger partial charge in [-0.05, 0) is 11.6 Å². The maximum Gasteiger partial charge on any atom is 0.326 e. The number of carbonyl (C=O) groups excluding carboxylic acids is 2. The zero-order valence-corrected chi connectivity index (χ0v) is 8.44. The number of rotatable bonds is 2. The van der Waals surface area contributed by atoms with Gasteiger partial charge in [-0.3, -0.25) is 10.1 Å². The van der Waals surface area contributed by atoms with E-state index in [4.69, 9.17) is 0 Å². The number of urea groups is 1. The van der Waals surface area contributed by atoms with E-state index >= 15 is 0 Å². The van der Waals surface area contributed by atoms with Crippen molar-refractivity contribution in [2.45, 2.75) is 0 Å². The van der Waals surface area contributed by atoms with Gasteiger partial charge in [0.25, 0.3) is 5.91 Å². The Kier molecular flexibility index (Phi) is 2.82. The molecule has 0 radical (unpaired) electrons. The Balaban J connectivity index is 2.07. The van der Waals surface area contributed by atoms with Crippen LogP contribution in [0.3, 0.4) is 0 Å². The second-order valence-electron chi connectivity index (χ2n) is 3.26. The van der Waals surface area contributed by atoms with Gasteiger partial charge < -0.3 is 5.32 Å². The van der Waals surface area contributed by atoms with Crippen molar-refractivity contribution in [2.75, 3.05) is 0 Å². The largest absolute Gasteiger partial charge is 0.326 e. The second kappa shape index (κ2) is 4.44. The van der Waals surface area contributed by atoms with Crippen molar-refractivity contribution in [1.82, 2.24) is 10.6 Å². The third-order valence-corrected chi connectivity index (χ3v) is 2.07. The second-order valence-corrected chi connectivity index (χ2v) is 3.26. The fourth-order valence-electron chi connectivity index (χ4n) is 1.32. The molecule has 2 rings (SSSR count). The molecule has 1 heterocycles. The van der Waals surface area contributed by atoms with Crippen LogP contribution in [0.2, 0.25) is 0 Å². The summed E-state index contributed by atoms with van der Waals surface area (Å²) in [6.45, 7) is 0. The molecule has 0 aliphatic carbocycles. The van der Waals surface area contributed by atoms with E-state index in [0.717, 1.165) is 5.56 Å². The lowest BCUT2D eigenvalue weighted by molar-refractivity contribution is -0.115. The minimum Gasteiger partial charge on any atom is -0.303 e. The molecule has 4 nitrogen and oxygen atoms in total. The van der Waals surface area contributed by atoms with E-state index in [1.165, 1.54) is 0 Å². The van der Waals surface area contributed by atoms with E-state index in [0.29, 0.717) is 0 Å². The molecule has 3 amide bonds. The summed E-state index contributed by atoms with van der Waals surface area (Å²) in [6, 6.07) is 9.20. The third-order valence-electron chi connectivity index (χ3n) is 2.07. The average Bonchev–Trinajstić information content (AvgIpc) is 2.59. The van der Waals surface area contributed by atoms with Gasteiger partial charge in [-0.15, -0.1) is 0 Å². The lowest BCUT2D eigenvalue weighted by Crippen LogP contribution is -2.22. The highest BCUT2D eigenvalue weighted by Gasteiger charge is 2.21. The standard InChI is InChI=1S/C12H10N2O2/c15-11-10(13-12(16)14-11)8-4-7-9-5-2-1-3-6-9/h1-8H,(H2,13,14,15,16). The summed E-state index contributed by atoms with van der Waals surface area (Å²) in [5.74, 6) is -0.400. The quantitative estimate of drug-likeness (QED) is 0.578. The van der Waals surface area contributed by atoms with Gasteiger partial charge in [0, 0.05) is 0 Å². The molecule has 0 atom stereocenters. The number of benzene rings is 1. The molecule has 1 saturated heterocycles. The predicted octanol–water partition coefficient (Wildman–Crippen LogP) is 1.42. The predicted molar refractivity (Wildman–Crippen MR) is 60.2 cm³/mol. The Morgan fingerprint density at radius 1 is 1.00 bits per heavy atom. The number of allylic oxidation sites excluding steroid dienone is 2. The summed E-state index contributed by atoms with van der Waals surface area (Å²) in [4.78, 5) is 21.9. The van der Waals surface area contributed by atoms with E-state index in [9.17, 15) is 9.59 Å². The minimum absolute atomic E-state index is 0.261. The van der Waals surface area contributed by atoms with E-state index < -0.39 is 11.9 Å². The monoisotopic (exact) mass is 214 g/mol. The Labute approximate surface area is 92.7 Å². The fraction of sp³-hybridized carbons (Fsp3) is 0. The number of carbonyl (C=O) groups is 2. The van der Waals surface area contributed by atoms with Crippen LogP contribution in [-0.2, 0) is 4.79 Å². The van der Waals surface area contributed by atoms with Crippen molar-refractivity contribution in [1.29, 1.82) is 0 Å². The van der Waals surface area contributed by atoms with E-state index in [1.807, 2.05) is 36.4 Å². The van der Waals surface area contributed by atoms with Gasteiger partial charge >= 0.3 is 6.03 Å². The molecule has 0 saturated carbocycles. The molecule has 1 aromatic rings. The molecule has 16 heavy (non-hydrogen) atoms. The Hall–Kier alpha value is -2.36.